The smallest absolute Gasteiger partial charge is 0.248 e. The van der Waals surface area contributed by atoms with Crippen LogP contribution < -0.4 is 10.1 Å². The SMILES string of the molecule is Cc1cc(NC(=O)/C=C/c2cccc(OCc3ccccc3)c2)ccc1Br. The van der Waals surface area contributed by atoms with Gasteiger partial charge in [-0.3, -0.25) is 4.79 Å². The summed E-state index contributed by atoms with van der Waals surface area (Å²) < 4.78 is 6.84. The molecule has 0 saturated heterocycles. The minimum Gasteiger partial charge on any atom is -0.489 e. The van der Waals surface area contributed by atoms with Gasteiger partial charge in [-0.2, -0.15) is 0 Å². The first-order valence-electron chi connectivity index (χ1n) is 8.62. The van der Waals surface area contributed by atoms with Crippen molar-refractivity contribution >= 4 is 33.6 Å². The second-order valence-corrected chi connectivity index (χ2v) is 6.99. The summed E-state index contributed by atoms with van der Waals surface area (Å²) >= 11 is 3.45. The van der Waals surface area contributed by atoms with Gasteiger partial charge in [-0.05, 0) is 60.0 Å². The van der Waals surface area contributed by atoms with Crippen LogP contribution in [0.15, 0.2) is 83.3 Å². The van der Waals surface area contributed by atoms with Gasteiger partial charge in [-0.1, -0.05) is 58.4 Å². The third-order valence-electron chi connectivity index (χ3n) is 3.96. The van der Waals surface area contributed by atoms with Gasteiger partial charge < -0.3 is 10.1 Å². The number of rotatable bonds is 6. The molecule has 136 valence electrons. The number of carbonyl (C=O) groups is 1. The summed E-state index contributed by atoms with van der Waals surface area (Å²) in [4.78, 5) is 12.1. The Morgan fingerprint density at radius 1 is 1.04 bits per heavy atom. The van der Waals surface area contributed by atoms with E-state index in [1.54, 1.807) is 6.08 Å². The quantitative estimate of drug-likeness (QED) is 0.496. The Bertz CT molecular complexity index is 952. The van der Waals surface area contributed by atoms with Crippen molar-refractivity contribution in [3.63, 3.8) is 0 Å². The Morgan fingerprint density at radius 3 is 2.63 bits per heavy atom. The van der Waals surface area contributed by atoms with Gasteiger partial charge in [-0.15, -0.1) is 0 Å². The number of hydrogen-bond acceptors (Lipinski definition) is 2. The van der Waals surface area contributed by atoms with Crippen molar-refractivity contribution in [2.45, 2.75) is 13.5 Å². The van der Waals surface area contributed by atoms with Crippen LogP contribution in [0, 0.1) is 6.92 Å². The molecule has 0 radical (unpaired) electrons. The Labute approximate surface area is 167 Å². The van der Waals surface area contributed by atoms with Gasteiger partial charge in [0.25, 0.3) is 0 Å². The average Bonchev–Trinajstić information content (AvgIpc) is 2.69. The number of halogens is 1. The molecule has 0 unspecified atom stereocenters. The molecule has 0 spiro atoms. The second kappa shape index (κ2) is 9.19. The number of anilines is 1. The maximum absolute atomic E-state index is 12.1. The third kappa shape index (κ3) is 5.83. The van der Waals surface area contributed by atoms with E-state index in [0.717, 1.165) is 32.6 Å². The molecule has 3 nitrogen and oxygen atoms in total. The summed E-state index contributed by atoms with van der Waals surface area (Å²) in [6, 6.07) is 23.4. The molecule has 4 heteroatoms. The van der Waals surface area contributed by atoms with Gasteiger partial charge in [-0.25, -0.2) is 0 Å². The zero-order chi connectivity index (χ0) is 19.1. The first-order valence-corrected chi connectivity index (χ1v) is 9.41. The summed E-state index contributed by atoms with van der Waals surface area (Å²) in [5.41, 5.74) is 3.86. The summed E-state index contributed by atoms with van der Waals surface area (Å²) in [5.74, 6) is 0.595. The molecular weight excluding hydrogens is 402 g/mol. The molecule has 3 rings (SSSR count). The van der Waals surface area contributed by atoms with Crippen LogP contribution >= 0.6 is 15.9 Å². The highest BCUT2D eigenvalue weighted by molar-refractivity contribution is 9.10. The van der Waals surface area contributed by atoms with Crippen LogP contribution in [0.3, 0.4) is 0 Å². The molecule has 0 bridgehead atoms. The number of aryl methyl sites for hydroxylation is 1. The van der Waals surface area contributed by atoms with E-state index in [2.05, 4.69) is 21.2 Å². The maximum Gasteiger partial charge on any atom is 0.248 e. The van der Waals surface area contributed by atoms with Gasteiger partial charge in [0.2, 0.25) is 5.91 Å². The van der Waals surface area contributed by atoms with E-state index >= 15 is 0 Å². The first kappa shape index (κ1) is 18.9. The van der Waals surface area contributed by atoms with E-state index in [-0.39, 0.29) is 5.91 Å². The maximum atomic E-state index is 12.1. The number of carbonyl (C=O) groups excluding carboxylic acids is 1. The van der Waals surface area contributed by atoms with E-state index in [1.165, 1.54) is 6.08 Å². The van der Waals surface area contributed by atoms with Crippen LogP contribution in [0.25, 0.3) is 6.08 Å². The lowest BCUT2D eigenvalue weighted by molar-refractivity contribution is -0.111. The molecule has 0 heterocycles. The molecule has 1 N–H and O–H groups in total. The molecule has 1 amide bonds. The first-order chi connectivity index (χ1) is 13.1. The molecule has 0 atom stereocenters. The number of ether oxygens (including phenoxy) is 1. The molecule has 3 aromatic carbocycles. The normalized spacial score (nSPS) is 10.7. The fourth-order valence-electron chi connectivity index (χ4n) is 2.53. The number of nitrogens with one attached hydrogen (secondary N) is 1. The van der Waals surface area contributed by atoms with Gasteiger partial charge >= 0.3 is 0 Å². The van der Waals surface area contributed by atoms with Gasteiger partial charge in [0.15, 0.2) is 0 Å². The van der Waals surface area contributed by atoms with E-state index in [0.29, 0.717) is 6.61 Å². The Hall–Kier alpha value is -2.85. The molecular formula is C23H20BrNO2. The van der Waals surface area contributed by atoms with Crippen molar-refractivity contribution in [3.05, 3.63) is 100 Å². The minimum atomic E-state index is -0.174. The van der Waals surface area contributed by atoms with Gasteiger partial charge in [0.05, 0.1) is 0 Å². The zero-order valence-electron chi connectivity index (χ0n) is 15.0. The second-order valence-electron chi connectivity index (χ2n) is 6.13. The fraction of sp³-hybridized carbons (Fsp3) is 0.0870. The molecule has 3 aromatic rings. The highest BCUT2D eigenvalue weighted by atomic mass is 79.9. The third-order valence-corrected chi connectivity index (χ3v) is 4.85. The van der Waals surface area contributed by atoms with Gasteiger partial charge in [0, 0.05) is 16.2 Å². The van der Waals surface area contributed by atoms with Crippen molar-refractivity contribution in [2.75, 3.05) is 5.32 Å². The van der Waals surface area contributed by atoms with Crippen molar-refractivity contribution in [2.24, 2.45) is 0 Å². The molecule has 0 aliphatic heterocycles. The highest BCUT2D eigenvalue weighted by Crippen LogP contribution is 2.20. The molecule has 0 aromatic heterocycles. The lowest BCUT2D eigenvalue weighted by Crippen LogP contribution is -2.07. The van der Waals surface area contributed by atoms with Gasteiger partial charge in [0.1, 0.15) is 12.4 Å². The highest BCUT2D eigenvalue weighted by Gasteiger charge is 2.01. The Balaban J connectivity index is 1.59. The number of benzene rings is 3. The lowest BCUT2D eigenvalue weighted by Gasteiger charge is -2.07. The molecule has 0 aliphatic rings. The van der Waals surface area contributed by atoms with Crippen LogP contribution in [-0.2, 0) is 11.4 Å². The average molecular weight is 422 g/mol. The Morgan fingerprint density at radius 2 is 1.85 bits per heavy atom. The molecule has 27 heavy (non-hydrogen) atoms. The molecule has 0 fully saturated rings. The summed E-state index contributed by atoms with van der Waals surface area (Å²) in [6.07, 6.45) is 3.30. The van der Waals surface area contributed by atoms with Crippen LogP contribution in [-0.4, -0.2) is 5.91 Å². The van der Waals surface area contributed by atoms with Crippen molar-refractivity contribution < 1.29 is 9.53 Å². The van der Waals surface area contributed by atoms with E-state index in [4.69, 9.17) is 4.74 Å². The number of amides is 1. The van der Waals surface area contributed by atoms with Crippen LogP contribution in [0.5, 0.6) is 5.75 Å². The van der Waals surface area contributed by atoms with Crippen LogP contribution in [0.4, 0.5) is 5.69 Å². The Kier molecular flexibility index (Phi) is 6.44. The summed E-state index contributed by atoms with van der Waals surface area (Å²) in [5, 5.41) is 2.86. The molecule has 0 aliphatic carbocycles. The van der Waals surface area contributed by atoms with Crippen molar-refractivity contribution in [1.29, 1.82) is 0 Å². The zero-order valence-corrected chi connectivity index (χ0v) is 16.6. The fourth-order valence-corrected chi connectivity index (χ4v) is 2.77. The summed E-state index contributed by atoms with van der Waals surface area (Å²) in [6.45, 7) is 2.49. The number of hydrogen-bond donors (Lipinski definition) is 1. The summed E-state index contributed by atoms with van der Waals surface area (Å²) in [7, 11) is 0. The topological polar surface area (TPSA) is 38.3 Å². The monoisotopic (exact) mass is 421 g/mol. The molecule has 0 saturated carbocycles. The van der Waals surface area contributed by atoms with Crippen molar-refractivity contribution in [1.82, 2.24) is 0 Å². The van der Waals surface area contributed by atoms with E-state index in [1.807, 2.05) is 79.7 Å². The minimum absolute atomic E-state index is 0.174. The largest absolute Gasteiger partial charge is 0.489 e. The lowest BCUT2D eigenvalue weighted by atomic mass is 10.2. The standard InChI is InChI=1S/C23H20BrNO2/c1-17-14-20(11-12-22(17)24)25-23(26)13-10-18-8-5-9-21(15-18)27-16-19-6-3-2-4-7-19/h2-15H,16H2,1H3,(H,25,26)/b13-10+. The van der Waals surface area contributed by atoms with E-state index in [9.17, 15) is 4.79 Å². The van der Waals surface area contributed by atoms with Crippen LogP contribution in [0.2, 0.25) is 0 Å². The predicted molar refractivity (Wildman–Crippen MR) is 114 cm³/mol. The van der Waals surface area contributed by atoms with E-state index < -0.39 is 0 Å². The van der Waals surface area contributed by atoms with Crippen molar-refractivity contribution in [3.8, 4) is 5.75 Å². The van der Waals surface area contributed by atoms with Crippen LogP contribution in [0.1, 0.15) is 16.7 Å². The predicted octanol–water partition coefficient (Wildman–Crippen LogP) is 5.99.